The molecule has 1 atom stereocenters. The third-order valence-corrected chi connectivity index (χ3v) is 4.31. The highest BCUT2D eigenvalue weighted by Crippen LogP contribution is 2.29. The van der Waals surface area contributed by atoms with Gasteiger partial charge in [0, 0.05) is 11.7 Å². The van der Waals surface area contributed by atoms with Crippen molar-refractivity contribution in [1.29, 1.82) is 0 Å². The molecule has 1 amide bonds. The third kappa shape index (κ3) is 4.79. The van der Waals surface area contributed by atoms with Crippen LogP contribution in [0.1, 0.15) is 35.7 Å². The zero-order chi connectivity index (χ0) is 18.6. The Hall–Kier alpha value is -2.41. The van der Waals surface area contributed by atoms with Crippen molar-refractivity contribution in [2.45, 2.75) is 38.8 Å². The Morgan fingerprint density at radius 3 is 2.48 bits per heavy atom. The van der Waals surface area contributed by atoms with Gasteiger partial charge in [-0.05, 0) is 44.4 Å². The summed E-state index contributed by atoms with van der Waals surface area (Å²) in [5, 5.41) is 2.81. The number of rotatable bonds is 7. The molecule has 1 aromatic rings. The molecule has 7 nitrogen and oxygen atoms in total. The molecule has 0 spiro atoms. The summed E-state index contributed by atoms with van der Waals surface area (Å²) < 4.78 is 9.48. The van der Waals surface area contributed by atoms with E-state index in [0.717, 1.165) is 18.4 Å². The van der Waals surface area contributed by atoms with Crippen LogP contribution in [0.4, 0.5) is 5.69 Å². The quantitative estimate of drug-likeness (QED) is 0.756. The maximum atomic E-state index is 12.5. The van der Waals surface area contributed by atoms with Gasteiger partial charge >= 0.3 is 11.9 Å². The molecule has 25 heavy (non-hydrogen) atoms. The predicted molar refractivity (Wildman–Crippen MR) is 92.4 cm³/mol. The van der Waals surface area contributed by atoms with Gasteiger partial charge < -0.3 is 14.8 Å². The van der Waals surface area contributed by atoms with Gasteiger partial charge in [-0.3, -0.25) is 14.5 Å². The van der Waals surface area contributed by atoms with E-state index in [4.69, 9.17) is 9.47 Å². The SMILES string of the molecule is COC(=O)c1ccc(C)c(NC(=O)CN(C2CC2)[C@H](C)C(=O)OC)c1. The molecule has 1 fully saturated rings. The summed E-state index contributed by atoms with van der Waals surface area (Å²) in [5.74, 6) is -1.06. The van der Waals surface area contributed by atoms with Crippen LogP contribution in [0.25, 0.3) is 0 Å². The molecule has 1 aliphatic rings. The highest BCUT2D eigenvalue weighted by atomic mass is 16.5. The van der Waals surface area contributed by atoms with Crippen molar-refractivity contribution in [1.82, 2.24) is 4.90 Å². The van der Waals surface area contributed by atoms with E-state index in [2.05, 4.69) is 5.32 Å². The average molecular weight is 348 g/mol. The number of esters is 2. The molecule has 1 saturated carbocycles. The molecule has 7 heteroatoms. The molecule has 0 radical (unpaired) electrons. The standard InChI is InChI=1S/C18H24N2O5/c1-11-5-6-13(18(23)25-4)9-15(11)19-16(21)10-20(14-7-8-14)12(2)17(22)24-3/h5-6,9,12,14H,7-8,10H2,1-4H3,(H,19,21)/t12-/m1/s1. The number of aryl methyl sites for hydroxylation is 1. The third-order valence-electron chi connectivity index (χ3n) is 4.31. The fourth-order valence-corrected chi connectivity index (χ4v) is 2.65. The van der Waals surface area contributed by atoms with Crippen LogP contribution < -0.4 is 5.32 Å². The zero-order valence-electron chi connectivity index (χ0n) is 15.0. The number of ether oxygens (including phenoxy) is 2. The van der Waals surface area contributed by atoms with Crippen LogP contribution in [0.5, 0.6) is 0 Å². The van der Waals surface area contributed by atoms with E-state index >= 15 is 0 Å². The van der Waals surface area contributed by atoms with Gasteiger partial charge in [-0.1, -0.05) is 6.07 Å². The van der Waals surface area contributed by atoms with Gasteiger partial charge in [0.2, 0.25) is 5.91 Å². The molecule has 1 aromatic carbocycles. The summed E-state index contributed by atoms with van der Waals surface area (Å²) >= 11 is 0. The van der Waals surface area contributed by atoms with E-state index in [1.54, 1.807) is 25.1 Å². The average Bonchev–Trinajstić information content (AvgIpc) is 3.44. The lowest BCUT2D eigenvalue weighted by Crippen LogP contribution is -2.45. The lowest BCUT2D eigenvalue weighted by molar-refractivity contribution is -0.146. The Morgan fingerprint density at radius 1 is 1.24 bits per heavy atom. The first-order chi connectivity index (χ1) is 11.9. The number of amides is 1. The zero-order valence-corrected chi connectivity index (χ0v) is 15.0. The fraction of sp³-hybridized carbons (Fsp3) is 0.500. The summed E-state index contributed by atoms with van der Waals surface area (Å²) in [6, 6.07) is 4.72. The van der Waals surface area contributed by atoms with Crippen LogP contribution >= 0.6 is 0 Å². The Balaban J connectivity index is 2.08. The van der Waals surface area contributed by atoms with E-state index in [9.17, 15) is 14.4 Å². The lowest BCUT2D eigenvalue weighted by atomic mass is 10.1. The summed E-state index contributed by atoms with van der Waals surface area (Å²) in [4.78, 5) is 37.7. The van der Waals surface area contributed by atoms with Crippen LogP contribution in [-0.4, -0.2) is 55.6 Å². The molecular weight excluding hydrogens is 324 g/mol. The maximum Gasteiger partial charge on any atom is 0.337 e. The Labute approximate surface area is 147 Å². The van der Waals surface area contributed by atoms with Crippen molar-refractivity contribution in [3.63, 3.8) is 0 Å². The number of nitrogens with zero attached hydrogens (tertiary/aromatic N) is 1. The van der Waals surface area contributed by atoms with Crippen molar-refractivity contribution >= 4 is 23.5 Å². The molecular formula is C18H24N2O5. The van der Waals surface area contributed by atoms with E-state index in [1.807, 2.05) is 11.8 Å². The van der Waals surface area contributed by atoms with E-state index < -0.39 is 12.0 Å². The molecule has 0 bridgehead atoms. The van der Waals surface area contributed by atoms with Crippen molar-refractivity contribution in [3.05, 3.63) is 29.3 Å². The van der Waals surface area contributed by atoms with Gasteiger partial charge in [0.25, 0.3) is 0 Å². The van der Waals surface area contributed by atoms with Gasteiger partial charge in [-0.15, -0.1) is 0 Å². The Morgan fingerprint density at radius 2 is 1.92 bits per heavy atom. The predicted octanol–water partition coefficient (Wildman–Crippen LogP) is 1.75. The monoisotopic (exact) mass is 348 g/mol. The van der Waals surface area contributed by atoms with Gasteiger partial charge in [0.15, 0.2) is 0 Å². The first-order valence-electron chi connectivity index (χ1n) is 8.19. The second-order valence-electron chi connectivity index (χ2n) is 6.17. The minimum absolute atomic E-state index is 0.0861. The summed E-state index contributed by atoms with van der Waals surface area (Å²) in [6.45, 7) is 3.66. The molecule has 0 heterocycles. The first kappa shape index (κ1) is 18.9. The van der Waals surface area contributed by atoms with Crippen molar-refractivity contribution in [2.24, 2.45) is 0 Å². The number of benzene rings is 1. The van der Waals surface area contributed by atoms with Crippen LogP contribution in [0.2, 0.25) is 0 Å². The topological polar surface area (TPSA) is 84.9 Å². The number of methoxy groups -OCH3 is 2. The minimum Gasteiger partial charge on any atom is -0.468 e. The number of hydrogen-bond acceptors (Lipinski definition) is 6. The number of anilines is 1. The number of carbonyl (C=O) groups is 3. The van der Waals surface area contributed by atoms with Gasteiger partial charge in [-0.2, -0.15) is 0 Å². The van der Waals surface area contributed by atoms with Crippen molar-refractivity contribution in [3.8, 4) is 0 Å². The van der Waals surface area contributed by atoms with E-state index in [0.29, 0.717) is 11.3 Å². The summed E-state index contributed by atoms with van der Waals surface area (Å²) in [5.41, 5.74) is 1.75. The molecule has 1 aliphatic carbocycles. The molecule has 0 aromatic heterocycles. The van der Waals surface area contributed by atoms with E-state index in [-0.39, 0.29) is 24.5 Å². The largest absolute Gasteiger partial charge is 0.468 e. The Kier molecular flexibility index (Phi) is 6.14. The number of nitrogens with one attached hydrogen (secondary N) is 1. The van der Waals surface area contributed by atoms with Gasteiger partial charge in [0.1, 0.15) is 6.04 Å². The van der Waals surface area contributed by atoms with Gasteiger partial charge in [0.05, 0.1) is 26.3 Å². The highest BCUT2D eigenvalue weighted by molar-refractivity contribution is 5.96. The number of hydrogen-bond donors (Lipinski definition) is 1. The van der Waals surface area contributed by atoms with Crippen LogP contribution in [-0.2, 0) is 19.1 Å². The molecule has 1 N–H and O–H groups in total. The molecule has 136 valence electrons. The van der Waals surface area contributed by atoms with Gasteiger partial charge in [-0.25, -0.2) is 4.79 Å². The van der Waals surface area contributed by atoms with Crippen LogP contribution in [0, 0.1) is 6.92 Å². The van der Waals surface area contributed by atoms with E-state index in [1.165, 1.54) is 14.2 Å². The molecule has 0 saturated heterocycles. The fourth-order valence-electron chi connectivity index (χ4n) is 2.65. The first-order valence-corrected chi connectivity index (χ1v) is 8.19. The minimum atomic E-state index is -0.481. The summed E-state index contributed by atoms with van der Waals surface area (Å²) in [6.07, 6.45) is 1.93. The normalized spacial score (nSPS) is 14.8. The highest BCUT2D eigenvalue weighted by Gasteiger charge is 2.36. The molecule has 0 aliphatic heterocycles. The Bertz CT molecular complexity index is 669. The van der Waals surface area contributed by atoms with Crippen molar-refractivity contribution in [2.75, 3.05) is 26.1 Å². The lowest BCUT2D eigenvalue weighted by Gasteiger charge is -2.26. The molecule has 2 rings (SSSR count). The van der Waals surface area contributed by atoms with Crippen molar-refractivity contribution < 1.29 is 23.9 Å². The van der Waals surface area contributed by atoms with Crippen LogP contribution in [0.15, 0.2) is 18.2 Å². The smallest absolute Gasteiger partial charge is 0.337 e. The number of carbonyl (C=O) groups excluding carboxylic acids is 3. The van der Waals surface area contributed by atoms with Crippen LogP contribution in [0.3, 0.4) is 0 Å². The second-order valence-corrected chi connectivity index (χ2v) is 6.17. The molecule has 0 unspecified atom stereocenters. The summed E-state index contributed by atoms with van der Waals surface area (Å²) in [7, 11) is 2.65. The second kappa shape index (κ2) is 8.11. The maximum absolute atomic E-state index is 12.5.